The Morgan fingerprint density at radius 3 is 2.69 bits per heavy atom. The van der Waals surface area contributed by atoms with E-state index < -0.39 is 0 Å². The van der Waals surface area contributed by atoms with Crippen LogP contribution in [-0.2, 0) is 11.3 Å². The number of H-pyrrole nitrogens is 1. The van der Waals surface area contributed by atoms with Crippen LogP contribution >= 0.6 is 23.6 Å². The van der Waals surface area contributed by atoms with E-state index in [0.29, 0.717) is 16.5 Å². The third-order valence-corrected chi connectivity index (χ3v) is 5.22. The molecular weight excluding hydrogens is 364 g/mol. The van der Waals surface area contributed by atoms with Crippen LogP contribution in [0, 0.1) is 10.7 Å². The summed E-state index contributed by atoms with van der Waals surface area (Å²) in [5, 5.41) is 12.2. The summed E-state index contributed by atoms with van der Waals surface area (Å²) >= 11 is 6.88. The number of benzene rings is 1. The third kappa shape index (κ3) is 4.47. The van der Waals surface area contributed by atoms with Crippen LogP contribution in [0.1, 0.15) is 31.9 Å². The van der Waals surface area contributed by atoms with E-state index in [0.717, 1.165) is 16.9 Å². The Morgan fingerprint density at radius 2 is 2.04 bits per heavy atom. The normalized spacial score (nSPS) is 12.3. The van der Waals surface area contributed by atoms with E-state index in [1.165, 1.54) is 0 Å². The molecule has 5 nitrogen and oxygen atoms in total. The van der Waals surface area contributed by atoms with Gasteiger partial charge in [0.05, 0.1) is 10.9 Å². The summed E-state index contributed by atoms with van der Waals surface area (Å²) in [5.41, 5.74) is 1.11. The highest BCUT2D eigenvalue weighted by Crippen LogP contribution is 2.24. The van der Waals surface area contributed by atoms with Gasteiger partial charge in [-0.2, -0.15) is 5.10 Å². The number of hydrogen-bond acceptors (Lipinski definition) is 4. The quantitative estimate of drug-likeness (QED) is 0.585. The van der Waals surface area contributed by atoms with Crippen LogP contribution in [0.15, 0.2) is 47.8 Å². The van der Waals surface area contributed by atoms with Gasteiger partial charge in [0.1, 0.15) is 6.54 Å². The number of aromatic amines is 1. The zero-order valence-electron chi connectivity index (χ0n) is 14.8. The molecule has 0 saturated carbocycles. The number of aromatic nitrogens is 3. The fourth-order valence-electron chi connectivity index (χ4n) is 2.88. The monoisotopic (exact) mass is 386 g/mol. The Morgan fingerprint density at radius 1 is 1.27 bits per heavy atom. The van der Waals surface area contributed by atoms with Crippen molar-refractivity contribution in [3.8, 4) is 10.7 Å². The number of nitrogens with one attached hydrogen (secondary N) is 2. The molecule has 3 rings (SSSR count). The Balaban J connectivity index is 1.77. The Hall–Kier alpha value is -2.25. The largest absolute Gasteiger partial charge is 0.348 e. The molecule has 7 heteroatoms. The predicted molar refractivity (Wildman–Crippen MR) is 108 cm³/mol. The maximum atomic E-state index is 12.7. The minimum atomic E-state index is -0.0743. The van der Waals surface area contributed by atoms with Gasteiger partial charge in [0.25, 0.3) is 0 Å². The molecular formula is C19H22N4OS2. The summed E-state index contributed by atoms with van der Waals surface area (Å²) in [6, 6.07) is 14.0. The van der Waals surface area contributed by atoms with Gasteiger partial charge in [0.2, 0.25) is 5.91 Å². The molecule has 26 heavy (non-hydrogen) atoms. The number of nitrogens with zero attached hydrogens (tertiary/aromatic N) is 2. The predicted octanol–water partition coefficient (Wildman–Crippen LogP) is 4.57. The summed E-state index contributed by atoms with van der Waals surface area (Å²) in [6.07, 6.45) is 0.879. The van der Waals surface area contributed by atoms with Crippen LogP contribution in [0.4, 0.5) is 0 Å². The lowest BCUT2D eigenvalue weighted by Crippen LogP contribution is -2.32. The maximum absolute atomic E-state index is 12.7. The van der Waals surface area contributed by atoms with Crippen LogP contribution in [0.2, 0.25) is 0 Å². The van der Waals surface area contributed by atoms with Crippen LogP contribution in [-0.4, -0.2) is 20.7 Å². The lowest BCUT2D eigenvalue weighted by atomic mass is 9.97. The van der Waals surface area contributed by atoms with E-state index in [4.69, 9.17) is 12.2 Å². The number of carbonyl (C=O) groups excluding carboxylic acids is 1. The van der Waals surface area contributed by atoms with Crippen LogP contribution in [0.5, 0.6) is 0 Å². The highest BCUT2D eigenvalue weighted by atomic mass is 32.1. The third-order valence-electron chi connectivity index (χ3n) is 4.05. The zero-order valence-corrected chi connectivity index (χ0v) is 16.4. The van der Waals surface area contributed by atoms with E-state index in [9.17, 15) is 4.79 Å². The van der Waals surface area contributed by atoms with Crippen LogP contribution < -0.4 is 5.32 Å². The second-order valence-corrected chi connectivity index (χ2v) is 7.91. The molecule has 3 aromatic rings. The fraction of sp³-hybridized carbons (Fsp3) is 0.316. The smallest absolute Gasteiger partial charge is 0.240 e. The molecule has 1 atom stereocenters. The average molecular weight is 387 g/mol. The van der Waals surface area contributed by atoms with Crippen LogP contribution in [0.3, 0.4) is 0 Å². The van der Waals surface area contributed by atoms with Crippen molar-refractivity contribution in [3.63, 3.8) is 0 Å². The van der Waals surface area contributed by atoms with E-state index in [1.54, 1.807) is 15.9 Å². The summed E-state index contributed by atoms with van der Waals surface area (Å²) in [7, 11) is 0. The number of hydrogen-bond donors (Lipinski definition) is 2. The molecule has 2 heterocycles. The van der Waals surface area contributed by atoms with Crippen LogP contribution in [0.25, 0.3) is 10.7 Å². The summed E-state index contributed by atoms with van der Waals surface area (Å²) in [4.78, 5) is 13.7. The Bertz CT molecular complexity index is 897. The van der Waals surface area contributed by atoms with E-state index in [-0.39, 0.29) is 18.5 Å². The van der Waals surface area contributed by atoms with Gasteiger partial charge >= 0.3 is 0 Å². The van der Waals surface area contributed by atoms with Gasteiger partial charge in [0, 0.05) is 0 Å². The highest BCUT2D eigenvalue weighted by molar-refractivity contribution is 7.71. The molecule has 1 aromatic carbocycles. The van der Waals surface area contributed by atoms with Gasteiger partial charge in [-0.25, -0.2) is 0 Å². The summed E-state index contributed by atoms with van der Waals surface area (Å²) in [5.74, 6) is 1.09. The molecule has 0 bridgehead atoms. The molecule has 1 amide bonds. The molecule has 2 N–H and O–H groups in total. The van der Waals surface area contributed by atoms with Crippen molar-refractivity contribution < 1.29 is 4.79 Å². The van der Waals surface area contributed by atoms with E-state index in [1.807, 2.05) is 47.8 Å². The topological polar surface area (TPSA) is 62.7 Å². The molecule has 2 aromatic heterocycles. The first-order valence-electron chi connectivity index (χ1n) is 8.58. The van der Waals surface area contributed by atoms with Crippen molar-refractivity contribution in [2.75, 3.05) is 0 Å². The lowest BCUT2D eigenvalue weighted by Gasteiger charge is -2.21. The second-order valence-electron chi connectivity index (χ2n) is 6.58. The van der Waals surface area contributed by atoms with E-state index in [2.05, 4.69) is 29.4 Å². The molecule has 0 aliphatic carbocycles. The standard InChI is InChI=1S/C19H22N4OS2/c1-13(2)11-15(14-7-4-3-5-8-14)20-17(24)12-23-18(21-22-19(23)25)16-9-6-10-26-16/h3-10,13,15H,11-12H2,1-2H3,(H,20,24)(H,22,25)/t15-/m1/s1. The SMILES string of the molecule is CC(C)C[C@@H](NC(=O)Cn1c(-c2cccs2)n[nH]c1=S)c1ccccc1. The zero-order chi connectivity index (χ0) is 18.5. The van der Waals surface area contributed by atoms with Crippen molar-refractivity contribution in [2.45, 2.75) is 32.9 Å². The van der Waals surface area contributed by atoms with Gasteiger partial charge in [0.15, 0.2) is 10.6 Å². The first kappa shape index (κ1) is 18.5. The van der Waals surface area contributed by atoms with Crippen molar-refractivity contribution in [1.82, 2.24) is 20.1 Å². The van der Waals surface area contributed by atoms with Gasteiger partial charge in [-0.05, 0) is 41.6 Å². The Kier molecular flexibility index (Phi) is 6.00. The first-order valence-corrected chi connectivity index (χ1v) is 9.86. The van der Waals surface area contributed by atoms with Gasteiger partial charge in [-0.15, -0.1) is 11.3 Å². The van der Waals surface area contributed by atoms with Gasteiger partial charge in [-0.3, -0.25) is 14.5 Å². The highest BCUT2D eigenvalue weighted by Gasteiger charge is 2.18. The van der Waals surface area contributed by atoms with Crippen molar-refractivity contribution in [3.05, 3.63) is 58.2 Å². The number of carbonyl (C=O) groups is 1. The Labute approximate surface area is 162 Å². The molecule has 0 aliphatic heterocycles. The molecule has 0 spiro atoms. The molecule has 136 valence electrons. The maximum Gasteiger partial charge on any atom is 0.240 e. The number of thiophene rings is 1. The molecule has 0 saturated heterocycles. The van der Waals surface area contributed by atoms with Gasteiger partial charge < -0.3 is 5.32 Å². The minimum Gasteiger partial charge on any atom is -0.348 e. The number of rotatable bonds is 7. The van der Waals surface area contributed by atoms with Gasteiger partial charge in [-0.1, -0.05) is 50.2 Å². The molecule has 0 radical (unpaired) electrons. The first-order chi connectivity index (χ1) is 12.5. The number of amides is 1. The van der Waals surface area contributed by atoms with Crippen molar-refractivity contribution in [1.29, 1.82) is 0 Å². The fourth-order valence-corrected chi connectivity index (χ4v) is 3.80. The average Bonchev–Trinajstić information content (AvgIpc) is 3.25. The van der Waals surface area contributed by atoms with Crippen molar-refractivity contribution >= 4 is 29.5 Å². The molecule has 0 unspecified atom stereocenters. The molecule has 0 aliphatic rings. The minimum absolute atomic E-state index is 0.0186. The summed E-state index contributed by atoms with van der Waals surface area (Å²) in [6.45, 7) is 4.45. The lowest BCUT2D eigenvalue weighted by molar-refractivity contribution is -0.122. The molecule has 0 fully saturated rings. The van der Waals surface area contributed by atoms with E-state index >= 15 is 0 Å². The summed E-state index contributed by atoms with van der Waals surface area (Å²) < 4.78 is 2.19. The second kappa shape index (κ2) is 8.42. The van der Waals surface area contributed by atoms with Crippen molar-refractivity contribution in [2.24, 2.45) is 5.92 Å².